The molecule has 0 heterocycles. The van der Waals surface area contributed by atoms with Crippen LogP contribution >= 0.6 is 11.6 Å². The predicted molar refractivity (Wildman–Crippen MR) is 85.9 cm³/mol. The van der Waals surface area contributed by atoms with E-state index in [1.54, 1.807) is 0 Å². The number of nitrogens with one attached hydrogen (secondary N) is 1. The number of hydrogen-bond donors (Lipinski definition) is 1. The molecule has 0 unspecified atom stereocenters. The molecule has 4 heteroatoms. The number of benzene rings is 1. The van der Waals surface area contributed by atoms with Gasteiger partial charge >= 0.3 is 0 Å². The molecule has 1 N–H and O–H groups in total. The smallest absolute Gasteiger partial charge is 0.123 e. The molecule has 1 aromatic carbocycles. The number of alkyl halides is 1. The minimum atomic E-state index is 0.454. The topological polar surface area (TPSA) is 30.5 Å². The molecule has 1 aromatic rings. The van der Waals surface area contributed by atoms with Crippen LogP contribution in [0, 0.1) is 5.92 Å². The average Bonchev–Trinajstić information content (AvgIpc) is 2.44. The van der Waals surface area contributed by atoms with Crippen LogP contribution in [0.25, 0.3) is 0 Å². The Kier molecular flexibility index (Phi) is 8.47. The second-order valence-corrected chi connectivity index (χ2v) is 5.38. The highest BCUT2D eigenvalue weighted by Gasteiger charge is 2.03. The maximum atomic E-state index is 5.94. The monoisotopic (exact) mass is 299 g/mol. The zero-order chi connectivity index (χ0) is 14.8. The van der Waals surface area contributed by atoms with Crippen molar-refractivity contribution in [2.24, 2.45) is 5.92 Å². The summed E-state index contributed by atoms with van der Waals surface area (Å²) in [6, 6.07) is 6.00. The van der Waals surface area contributed by atoms with E-state index in [1.807, 2.05) is 25.1 Å². The third-order valence-corrected chi connectivity index (χ3v) is 3.21. The largest absolute Gasteiger partial charge is 0.494 e. The van der Waals surface area contributed by atoms with Gasteiger partial charge in [0.05, 0.1) is 19.1 Å². The molecule has 0 aliphatic rings. The molecule has 0 aliphatic carbocycles. The van der Waals surface area contributed by atoms with Crippen LogP contribution in [-0.2, 0) is 10.6 Å². The fourth-order valence-corrected chi connectivity index (χ4v) is 1.99. The van der Waals surface area contributed by atoms with Crippen LogP contribution in [-0.4, -0.2) is 26.4 Å². The Morgan fingerprint density at radius 1 is 1.25 bits per heavy atom. The average molecular weight is 300 g/mol. The zero-order valence-corrected chi connectivity index (χ0v) is 13.5. The van der Waals surface area contributed by atoms with Crippen LogP contribution in [0.4, 0.5) is 5.69 Å². The van der Waals surface area contributed by atoms with Gasteiger partial charge < -0.3 is 14.8 Å². The normalized spacial score (nSPS) is 10.8. The molecular weight excluding hydrogens is 274 g/mol. The molecule has 0 bridgehead atoms. The molecule has 0 fully saturated rings. The number of halogens is 1. The first kappa shape index (κ1) is 17.1. The van der Waals surface area contributed by atoms with Crippen LogP contribution in [0.5, 0.6) is 5.75 Å². The summed E-state index contributed by atoms with van der Waals surface area (Å²) < 4.78 is 11.1. The molecular formula is C16H26ClNO2. The summed E-state index contributed by atoms with van der Waals surface area (Å²) in [5, 5.41) is 3.34. The first-order valence-corrected chi connectivity index (χ1v) is 7.84. The zero-order valence-electron chi connectivity index (χ0n) is 12.7. The fourth-order valence-electron chi connectivity index (χ4n) is 1.78. The van der Waals surface area contributed by atoms with Gasteiger partial charge in [0.15, 0.2) is 0 Å². The Balaban J connectivity index is 2.33. The quantitative estimate of drug-likeness (QED) is 0.516. The molecule has 0 spiro atoms. The summed E-state index contributed by atoms with van der Waals surface area (Å²) in [6.45, 7) is 9.38. The lowest BCUT2D eigenvalue weighted by Gasteiger charge is -2.12. The molecule has 0 aliphatic heterocycles. The van der Waals surface area contributed by atoms with Crippen molar-refractivity contribution in [1.82, 2.24) is 0 Å². The van der Waals surface area contributed by atoms with Crippen LogP contribution in [0.3, 0.4) is 0 Å². The Bertz CT molecular complexity index is 383. The summed E-state index contributed by atoms with van der Waals surface area (Å²) in [5.41, 5.74) is 2.07. The molecule has 3 nitrogen and oxygen atoms in total. The van der Waals surface area contributed by atoms with E-state index in [-0.39, 0.29) is 0 Å². The highest BCUT2D eigenvalue weighted by molar-refractivity contribution is 6.17. The summed E-state index contributed by atoms with van der Waals surface area (Å²) >= 11 is 5.94. The van der Waals surface area contributed by atoms with E-state index in [2.05, 4.69) is 19.2 Å². The van der Waals surface area contributed by atoms with E-state index in [0.717, 1.165) is 43.2 Å². The number of hydrogen-bond acceptors (Lipinski definition) is 3. The van der Waals surface area contributed by atoms with Gasteiger partial charge in [0, 0.05) is 24.4 Å². The lowest BCUT2D eigenvalue weighted by molar-refractivity contribution is 0.132. The molecule has 0 aromatic heterocycles. The third kappa shape index (κ3) is 6.49. The summed E-state index contributed by atoms with van der Waals surface area (Å²) in [7, 11) is 0. The number of rotatable bonds is 10. The van der Waals surface area contributed by atoms with Gasteiger partial charge in [-0.1, -0.05) is 13.8 Å². The molecule has 1 rings (SSSR count). The molecule has 0 saturated heterocycles. The van der Waals surface area contributed by atoms with E-state index < -0.39 is 0 Å². The van der Waals surface area contributed by atoms with Gasteiger partial charge in [-0.25, -0.2) is 0 Å². The Morgan fingerprint density at radius 2 is 2.05 bits per heavy atom. The van der Waals surface area contributed by atoms with Crippen LogP contribution in [0.1, 0.15) is 32.8 Å². The summed E-state index contributed by atoms with van der Waals surface area (Å²) in [4.78, 5) is 0. The van der Waals surface area contributed by atoms with Crippen LogP contribution < -0.4 is 10.1 Å². The van der Waals surface area contributed by atoms with Gasteiger partial charge in [0.25, 0.3) is 0 Å². The lowest BCUT2D eigenvalue weighted by Crippen LogP contribution is -2.11. The Hall–Kier alpha value is -0.930. The second-order valence-electron chi connectivity index (χ2n) is 5.11. The second kappa shape index (κ2) is 9.89. The van der Waals surface area contributed by atoms with Crippen molar-refractivity contribution in [3.8, 4) is 5.75 Å². The van der Waals surface area contributed by atoms with Crippen molar-refractivity contribution >= 4 is 17.3 Å². The number of ether oxygens (including phenoxy) is 2. The molecule has 0 atom stereocenters. The van der Waals surface area contributed by atoms with Gasteiger partial charge in [-0.05, 0) is 37.5 Å². The maximum Gasteiger partial charge on any atom is 0.123 e. The van der Waals surface area contributed by atoms with Gasteiger partial charge in [-0.2, -0.15) is 0 Å². The molecule has 0 saturated carbocycles. The van der Waals surface area contributed by atoms with Gasteiger partial charge in [0.1, 0.15) is 5.75 Å². The fraction of sp³-hybridized carbons (Fsp3) is 0.625. The van der Waals surface area contributed by atoms with E-state index >= 15 is 0 Å². The van der Waals surface area contributed by atoms with Crippen molar-refractivity contribution in [2.75, 3.05) is 31.7 Å². The van der Waals surface area contributed by atoms with E-state index in [4.69, 9.17) is 21.1 Å². The van der Waals surface area contributed by atoms with Crippen molar-refractivity contribution in [3.63, 3.8) is 0 Å². The predicted octanol–water partition coefficient (Wildman–Crippen LogP) is 4.30. The van der Waals surface area contributed by atoms with Crippen molar-refractivity contribution in [1.29, 1.82) is 0 Å². The highest BCUT2D eigenvalue weighted by atomic mass is 35.5. The van der Waals surface area contributed by atoms with Crippen molar-refractivity contribution in [3.05, 3.63) is 23.8 Å². The number of anilines is 1. The SMILES string of the molecule is CCOc1ccc(NCCOCCC(C)C)cc1CCl. The van der Waals surface area contributed by atoms with E-state index in [9.17, 15) is 0 Å². The highest BCUT2D eigenvalue weighted by Crippen LogP contribution is 2.24. The first-order valence-electron chi connectivity index (χ1n) is 7.30. The molecule has 20 heavy (non-hydrogen) atoms. The Morgan fingerprint density at radius 3 is 2.70 bits per heavy atom. The summed E-state index contributed by atoms with van der Waals surface area (Å²) in [6.07, 6.45) is 1.11. The van der Waals surface area contributed by atoms with Gasteiger partial charge in [0.2, 0.25) is 0 Å². The standard InChI is InChI=1S/C16H26ClNO2/c1-4-20-16-6-5-15(11-14(16)12-17)18-8-10-19-9-7-13(2)3/h5-6,11,13,18H,4,7-10,12H2,1-3H3. The van der Waals surface area contributed by atoms with Crippen LogP contribution in [0.2, 0.25) is 0 Å². The first-order chi connectivity index (χ1) is 9.67. The van der Waals surface area contributed by atoms with E-state index in [0.29, 0.717) is 18.4 Å². The van der Waals surface area contributed by atoms with Gasteiger partial charge in [-0.3, -0.25) is 0 Å². The van der Waals surface area contributed by atoms with Crippen molar-refractivity contribution in [2.45, 2.75) is 33.1 Å². The molecule has 0 radical (unpaired) electrons. The maximum absolute atomic E-state index is 5.94. The van der Waals surface area contributed by atoms with Crippen molar-refractivity contribution < 1.29 is 9.47 Å². The molecule has 114 valence electrons. The summed E-state index contributed by atoms with van der Waals surface area (Å²) in [5.74, 6) is 2.01. The van der Waals surface area contributed by atoms with Gasteiger partial charge in [-0.15, -0.1) is 11.6 Å². The third-order valence-electron chi connectivity index (χ3n) is 2.92. The molecule has 0 amide bonds. The Labute approximate surface area is 127 Å². The lowest BCUT2D eigenvalue weighted by atomic mass is 10.1. The van der Waals surface area contributed by atoms with Crippen LogP contribution in [0.15, 0.2) is 18.2 Å². The minimum Gasteiger partial charge on any atom is -0.494 e. The van der Waals surface area contributed by atoms with E-state index in [1.165, 1.54) is 0 Å². The minimum absolute atomic E-state index is 0.454.